The molecule has 3 unspecified atom stereocenters. The molecule has 5 rings (SSSR count). The molecule has 3 aromatic carbocycles. The first-order chi connectivity index (χ1) is 15.4. The summed E-state index contributed by atoms with van der Waals surface area (Å²) in [6.45, 7) is 0.229. The van der Waals surface area contributed by atoms with Crippen molar-refractivity contribution in [3.05, 3.63) is 95.6 Å². The molecule has 164 valence electrons. The molecule has 3 aromatic rings. The van der Waals surface area contributed by atoms with Crippen molar-refractivity contribution >= 4 is 15.7 Å². The predicted octanol–water partition coefficient (Wildman–Crippen LogP) is 4.40. The van der Waals surface area contributed by atoms with Crippen molar-refractivity contribution in [3.63, 3.8) is 0 Å². The van der Waals surface area contributed by atoms with Crippen molar-refractivity contribution in [1.82, 2.24) is 4.72 Å². The molecule has 7 heteroatoms. The van der Waals surface area contributed by atoms with Crippen LogP contribution in [0.2, 0.25) is 0 Å². The molecule has 0 spiro atoms. The van der Waals surface area contributed by atoms with Crippen LogP contribution in [0.15, 0.2) is 83.8 Å². The van der Waals surface area contributed by atoms with E-state index >= 15 is 0 Å². The molecular formula is C25H24N2O4S. The maximum Gasteiger partial charge on any atom is 0.240 e. The third-order valence-electron chi connectivity index (χ3n) is 6.30. The standard InChI is InChI=1S/C25H24N2O4S/c28-17-9-11-21(24(29)13-17)25-20-8-4-7-19(20)22-14-18(10-12-23(22)27-25)32(30,31)26-15-16-5-2-1-3-6-16/h1-7,9-14,19-20,25-29H,8,15H2. The highest BCUT2D eigenvalue weighted by molar-refractivity contribution is 7.89. The van der Waals surface area contributed by atoms with E-state index in [-0.39, 0.29) is 40.8 Å². The van der Waals surface area contributed by atoms with Gasteiger partial charge in [0.2, 0.25) is 10.0 Å². The van der Waals surface area contributed by atoms with Crippen molar-refractivity contribution in [3.8, 4) is 11.5 Å². The van der Waals surface area contributed by atoms with E-state index in [9.17, 15) is 18.6 Å². The lowest BCUT2D eigenvalue weighted by Crippen LogP contribution is -2.30. The molecule has 4 N–H and O–H groups in total. The van der Waals surface area contributed by atoms with Gasteiger partial charge in [-0.05, 0) is 53.8 Å². The second-order valence-electron chi connectivity index (χ2n) is 8.28. The van der Waals surface area contributed by atoms with Gasteiger partial charge in [-0.15, -0.1) is 0 Å². The normalized spacial score (nSPS) is 21.6. The lowest BCUT2D eigenvalue weighted by atomic mass is 9.77. The Kier molecular flexibility index (Phi) is 5.15. The summed E-state index contributed by atoms with van der Waals surface area (Å²) in [5.41, 5.74) is 3.39. The van der Waals surface area contributed by atoms with Crippen molar-refractivity contribution < 1.29 is 18.6 Å². The number of aromatic hydroxyl groups is 2. The second kappa shape index (κ2) is 8.00. The maximum absolute atomic E-state index is 12.9. The third kappa shape index (κ3) is 3.74. The Balaban J connectivity index is 1.45. The highest BCUT2D eigenvalue weighted by Crippen LogP contribution is 2.51. The quantitative estimate of drug-likeness (QED) is 0.434. The molecule has 1 aliphatic heterocycles. The van der Waals surface area contributed by atoms with Gasteiger partial charge in [-0.25, -0.2) is 13.1 Å². The van der Waals surface area contributed by atoms with Crippen molar-refractivity contribution in [2.45, 2.75) is 29.8 Å². The molecule has 0 bridgehead atoms. The van der Waals surface area contributed by atoms with Gasteiger partial charge in [-0.2, -0.15) is 0 Å². The zero-order valence-electron chi connectivity index (χ0n) is 17.3. The molecule has 0 amide bonds. The summed E-state index contributed by atoms with van der Waals surface area (Å²) in [5.74, 6) is 0.226. The van der Waals surface area contributed by atoms with Crippen LogP contribution in [-0.2, 0) is 16.6 Å². The number of allylic oxidation sites excluding steroid dienone is 2. The zero-order valence-corrected chi connectivity index (χ0v) is 18.1. The number of anilines is 1. The Hall–Kier alpha value is -3.29. The molecule has 6 nitrogen and oxygen atoms in total. The lowest BCUT2D eigenvalue weighted by molar-refractivity contribution is 0.398. The first-order valence-corrected chi connectivity index (χ1v) is 12.0. The number of phenolic OH excluding ortho intramolecular Hbond substituents is 2. The van der Waals surface area contributed by atoms with Crippen molar-refractivity contribution in [2.24, 2.45) is 5.92 Å². The van der Waals surface area contributed by atoms with Crippen LogP contribution in [-0.4, -0.2) is 18.6 Å². The minimum Gasteiger partial charge on any atom is -0.508 e. The molecule has 3 atom stereocenters. The number of rotatable bonds is 5. The number of fused-ring (bicyclic) bond motifs is 3. The van der Waals surface area contributed by atoms with E-state index < -0.39 is 10.0 Å². The van der Waals surface area contributed by atoms with E-state index in [0.717, 1.165) is 23.2 Å². The highest BCUT2D eigenvalue weighted by atomic mass is 32.2. The van der Waals surface area contributed by atoms with Gasteiger partial charge in [0.05, 0.1) is 10.9 Å². The summed E-state index contributed by atoms with van der Waals surface area (Å²) in [6, 6.07) is 19.0. The fraction of sp³-hybridized carbons (Fsp3) is 0.200. The number of hydrogen-bond donors (Lipinski definition) is 4. The van der Waals surface area contributed by atoms with E-state index in [0.29, 0.717) is 5.56 Å². The topological polar surface area (TPSA) is 98.7 Å². The molecule has 0 saturated heterocycles. The lowest BCUT2D eigenvalue weighted by Gasteiger charge is -2.38. The number of benzene rings is 3. The van der Waals surface area contributed by atoms with E-state index in [1.54, 1.807) is 30.3 Å². The highest BCUT2D eigenvalue weighted by Gasteiger charge is 2.39. The summed E-state index contributed by atoms with van der Waals surface area (Å²) in [7, 11) is -3.67. The average Bonchev–Trinajstić information content (AvgIpc) is 3.28. The van der Waals surface area contributed by atoms with E-state index in [2.05, 4.69) is 22.2 Å². The van der Waals surface area contributed by atoms with Crippen LogP contribution in [0.5, 0.6) is 11.5 Å². The van der Waals surface area contributed by atoms with Gasteiger partial charge < -0.3 is 15.5 Å². The second-order valence-corrected chi connectivity index (χ2v) is 10.0. The van der Waals surface area contributed by atoms with Gasteiger partial charge in [-0.1, -0.05) is 42.5 Å². The molecule has 0 radical (unpaired) electrons. The van der Waals surface area contributed by atoms with Gasteiger partial charge in [0.1, 0.15) is 11.5 Å². The number of hydrogen-bond acceptors (Lipinski definition) is 5. The van der Waals surface area contributed by atoms with Crippen molar-refractivity contribution in [1.29, 1.82) is 0 Å². The zero-order chi connectivity index (χ0) is 22.3. The van der Waals surface area contributed by atoms with Gasteiger partial charge in [-0.3, -0.25) is 0 Å². The summed E-state index contributed by atoms with van der Waals surface area (Å²) in [4.78, 5) is 0.235. The first kappa shape index (κ1) is 20.6. The van der Waals surface area contributed by atoms with E-state index in [1.807, 2.05) is 30.3 Å². The third-order valence-corrected chi connectivity index (χ3v) is 7.70. The molecule has 1 heterocycles. The molecule has 2 aliphatic rings. The number of sulfonamides is 1. The van der Waals surface area contributed by atoms with Gasteiger partial charge in [0, 0.05) is 29.8 Å². The Bertz CT molecular complexity index is 1290. The first-order valence-electron chi connectivity index (χ1n) is 10.5. The van der Waals surface area contributed by atoms with Gasteiger partial charge in [0.15, 0.2) is 0 Å². The van der Waals surface area contributed by atoms with Crippen LogP contribution in [0.3, 0.4) is 0 Å². The minimum absolute atomic E-state index is 0.0152. The van der Waals surface area contributed by atoms with Crippen LogP contribution in [0.1, 0.15) is 35.1 Å². The molecule has 0 aromatic heterocycles. The maximum atomic E-state index is 12.9. The summed E-state index contributed by atoms with van der Waals surface area (Å²) >= 11 is 0. The van der Waals surface area contributed by atoms with Gasteiger partial charge >= 0.3 is 0 Å². The van der Waals surface area contributed by atoms with E-state index in [4.69, 9.17) is 0 Å². The Labute approximate surface area is 187 Å². The molecule has 0 saturated carbocycles. The molecule has 1 aliphatic carbocycles. The fourth-order valence-corrected chi connectivity index (χ4v) is 5.75. The summed E-state index contributed by atoms with van der Waals surface area (Å²) in [6.07, 6.45) is 5.03. The Morgan fingerprint density at radius 3 is 2.56 bits per heavy atom. The van der Waals surface area contributed by atoms with E-state index in [1.165, 1.54) is 6.07 Å². The smallest absolute Gasteiger partial charge is 0.240 e. The number of phenols is 2. The van der Waals surface area contributed by atoms with Crippen LogP contribution in [0, 0.1) is 5.92 Å². The Morgan fingerprint density at radius 1 is 0.969 bits per heavy atom. The molecule has 32 heavy (non-hydrogen) atoms. The van der Waals surface area contributed by atoms with Crippen LogP contribution < -0.4 is 10.0 Å². The van der Waals surface area contributed by atoms with Crippen LogP contribution in [0.25, 0.3) is 0 Å². The van der Waals surface area contributed by atoms with Crippen molar-refractivity contribution in [2.75, 3.05) is 5.32 Å². The SMILES string of the molecule is O=S(=O)(NCc1ccccc1)c1ccc2c(c1)C1C=CCC1C(c1ccc(O)cc1O)N2. The monoisotopic (exact) mass is 448 g/mol. The summed E-state index contributed by atoms with van der Waals surface area (Å²) < 4.78 is 28.6. The summed E-state index contributed by atoms with van der Waals surface area (Å²) in [5, 5.41) is 23.5. The fourth-order valence-electron chi connectivity index (χ4n) is 4.70. The van der Waals surface area contributed by atoms with Crippen LogP contribution >= 0.6 is 0 Å². The predicted molar refractivity (Wildman–Crippen MR) is 123 cm³/mol. The number of nitrogens with one attached hydrogen (secondary N) is 2. The van der Waals surface area contributed by atoms with Gasteiger partial charge in [0.25, 0.3) is 0 Å². The largest absolute Gasteiger partial charge is 0.508 e. The van der Waals surface area contributed by atoms with Crippen LogP contribution in [0.4, 0.5) is 5.69 Å². The minimum atomic E-state index is -3.67. The molecule has 0 fully saturated rings. The molecular weight excluding hydrogens is 424 g/mol. The Morgan fingerprint density at radius 2 is 1.78 bits per heavy atom. The average molecular weight is 449 g/mol.